The van der Waals surface area contributed by atoms with Gasteiger partial charge in [0.2, 0.25) is 0 Å². The monoisotopic (exact) mass is 677 g/mol. The highest BCUT2D eigenvalue weighted by Gasteiger charge is 2.47. The minimum Gasteiger partial charge on any atom is -0.324 e. The Labute approximate surface area is 309 Å². The Morgan fingerprint density at radius 2 is 0.962 bits per heavy atom. The summed E-state index contributed by atoms with van der Waals surface area (Å²) >= 11 is 0. The minimum absolute atomic E-state index is 0.364. The summed E-state index contributed by atoms with van der Waals surface area (Å²) in [4.78, 5) is 10.3. The van der Waals surface area contributed by atoms with Gasteiger partial charge in [0.1, 0.15) is 11.7 Å². The van der Waals surface area contributed by atoms with Crippen LogP contribution in [-0.4, -0.2) is 11.7 Å². The summed E-state index contributed by atoms with van der Waals surface area (Å²) in [5.41, 5.74) is 12.6. The van der Waals surface area contributed by atoms with Crippen LogP contribution in [0, 0.1) is 0 Å². The quantitative estimate of drug-likeness (QED) is 0.187. The van der Waals surface area contributed by atoms with E-state index in [1.807, 2.05) is 24.3 Å². The van der Waals surface area contributed by atoms with Gasteiger partial charge in [-0.05, 0) is 73.0 Å². The lowest BCUT2D eigenvalue weighted by Gasteiger charge is -2.34. The highest BCUT2D eigenvalue weighted by Crippen LogP contribution is 2.59. The number of hydrogen-bond acceptors (Lipinski definition) is 3. The van der Waals surface area contributed by atoms with E-state index >= 15 is 0 Å². The predicted octanol–water partition coefficient (Wildman–Crippen LogP) is 11.4. The highest BCUT2D eigenvalue weighted by atomic mass is 15.2. The highest BCUT2D eigenvalue weighted by molar-refractivity contribution is 6.17. The molecule has 0 radical (unpaired) electrons. The van der Waals surface area contributed by atoms with Crippen LogP contribution in [0.25, 0.3) is 33.0 Å². The van der Waals surface area contributed by atoms with Crippen LogP contribution in [0.3, 0.4) is 0 Å². The van der Waals surface area contributed by atoms with Gasteiger partial charge in [-0.2, -0.15) is 0 Å². The van der Waals surface area contributed by atoms with Crippen molar-refractivity contribution in [2.24, 2.45) is 9.98 Å². The standard InChI is InChI=1S/C50H35N3/c1-5-18-34(19-6-1)47-51-48(35-20-7-2-8-21-35)53-49(52-47)38-24-17-23-37(32-38)45-41-29-14-13-22-36(41)33-44-46(45)42-30-15-16-31-43(42)50(44,39-25-9-3-10-26-39)40-27-11-4-12-28-40/h1-33,47H,(H,51,52,53). The zero-order valence-corrected chi connectivity index (χ0v) is 29.0. The van der Waals surface area contributed by atoms with E-state index in [0.29, 0.717) is 0 Å². The van der Waals surface area contributed by atoms with Gasteiger partial charge < -0.3 is 5.32 Å². The molecule has 0 fully saturated rings. The first-order chi connectivity index (χ1) is 26.3. The van der Waals surface area contributed by atoms with E-state index in [4.69, 9.17) is 9.98 Å². The fraction of sp³-hybridized carbons (Fsp3) is 0.0400. The van der Waals surface area contributed by atoms with Crippen LogP contribution in [0.4, 0.5) is 0 Å². The molecular formula is C50H35N3. The SMILES string of the molecule is c1ccc(C2=NC(c3ccccc3)N=C(c3cccc(-c4c5c(cc6ccccc46)C(c4ccccc4)(c4ccccc4)c4ccccc4-5)c3)N2)cc1. The smallest absolute Gasteiger partial charge is 0.169 e. The molecule has 0 aromatic heterocycles. The molecule has 3 nitrogen and oxygen atoms in total. The third-order valence-corrected chi connectivity index (χ3v) is 10.8. The number of aliphatic imine (C=N–C) groups is 2. The van der Waals surface area contributed by atoms with Gasteiger partial charge in [0.15, 0.2) is 6.17 Å². The molecular weight excluding hydrogens is 643 g/mol. The second-order valence-electron chi connectivity index (χ2n) is 13.7. The number of nitrogens with one attached hydrogen (secondary N) is 1. The molecule has 250 valence electrons. The molecule has 1 aliphatic heterocycles. The van der Waals surface area contributed by atoms with Crippen molar-refractivity contribution in [2.45, 2.75) is 11.6 Å². The van der Waals surface area contributed by atoms with Crippen LogP contribution in [0.1, 0.15) is 45.1 Å². The molecule has 0 saturated carbocycles. The van der Waals surface area contributed by atoms with Gasteiger partial charge in [0.05, 0.1) is 5.41 Å². The Bertz CT molecular complexity index is 2640. The van der Waals surface area contributed by atoms with Gasteiger partial charge in [-0.1, -0.05) is 188 Å². The van der Waals surface area contributed by atoms with Gasteiger partial charge in [0, 0.05) is 11.1 Å². The predicted molar refractivity (Wildman–Crippen MR) is 219 cm³/mol. The van der Waals surface area contributed by atoms with Crippen molar-refractivity contribution < 1.29 is 0 Å². The Morgan fingerprint density at radius 1 is 0.415 bits per heavy atom. The Kier molecular flexibility index (Phi) is 7.43. The molecule has 1 aliphatic carbocycles. The van der Waals surface area contributed by atoms with Gasteiger partial charge in [0.25, 0.3) is 0 Å². The molecule has 8 aromatic carbocycles. The molecule has 8 aromatic rings. The molecule has 1 atom stereocenters. The van der Waals surface area contributed by atoms with Crippen molar-refractivity contribution in [1.29, 1.82) is 0 Å². The summed E-state index contributed by atoms with van der Waals surface area (Å²) < 4.78 is 0. The lowest BCUT2D eigenvalue weighted by Crippen LogP contribution is -2.36. The lowest BCUT2D eigenvalue weighted by molar-refractivity contribution is 0.756. The number of benzene rings is 8. The molecule has 0 spiro atoms. The van der Waals surface area contributed by atoms with Gasteiger partial charge >= 0.3 is 0 Å². The number of nitrogens with zero attached hydrogens (tertiary/aromatic N) is 2. The number of amidine groups is 2. The minimum atomic E-state index is -0.496. The molecule has 10 rings (SSSR count). The second-order valence-corrected chi connectivity index (χ2v) is 13.7. The first-order valence-electron chi connectivity index (χ1n) is 18.2. The molecule has 0 saturated heterocycles. The Hall–Kier alpha value is -6.84. The molecule has 1 heterocycles. The number of fused-ring (bicyclic) bond motifs is 4. The maximum atomic E-state index is 5.22. The van der Waals surface area contributed by atoms with Crippen molar-refractivity contribution in [3.8, 4) is 22.3 Å². The molecule has 2 aliphatic rings. The summed E-state index contributed by atoms with van der Waals surface area (Å²) in [7, 11) is 0. The van der Waals surface area contributed by atoms with Crippen LogP contribution >= 0.6 is 0 Å². The summed E-state index contributed by atoms with van der Waals surface area (Å²) in [5, 5.41) is 6.06. The molecule has 1 unspecified atom stereocenters. The average Bonchev–Trinajstić information content (AvgIpc) is 3.54. The molecule has 1 N–H and O–H groups in total. The lowest BCUT2D eigenvalue weighted by atomic mass is 9.67. The van der Waals surface area contributed by atoms with Crippen molar-refractivity contribution in [3.63, 3.8) is 0 Å². The van der Waals surface area contributed by atoms with Crippen LogP contribution in [0.15, 0.2) is 210 Å². The van der Waals surface area contributed by atoms with Gasteiger partial charge in [-0.3, -0.25) is 0 Å². The second kappa shape index (κ2) is 12.7. The fourth-order valence-electron chi connectivity index (χ4n) is 8.50. The topological polar surface area (TPSA) is 36.8 Å². The third-order valence-electron chi connectivity index (χ3n) is 10.8. The maximum absolute atomic E-state index is 5.22. The Balaban J connectivity index is 1.22. The first kappa shape index (κ1) is 30.9. The van der Waals surface area contributed by atoms with E-state index in [2.05, 4.69) is 181 Å². The summed E-state index contributed by atoms with van der Waals surface area (Å²) in [5.74, 6) is 1.61. The van der Waals surface area contributed by atoms with Gasteiger partial charge in [-0.25, -0.2) is 9.98 Å². The van der Waals surface area contributed by atoms with E-state index in [1.165, 1.54) is 49.7 Å². The average molecular weight is 678 g/mol. The molecule has 53 heavy (non-hydrogen) atoms. The van der Waals surface area contributed by atoms with E-state index in [0.717, 1.165) is 33.9 Å². The van der Waals surface area contributed by atoms with E-state index in [9.17, 15) is 0 Å². The largest absolute Gasteiger partial charge is 0.324 e. The number of rotatable bonds is 6. The number of hydrogen-bond donors (Lipinski definition) is 1. The zero-order chi connectivity index (χ0) is 35.2. The Morgan fingerprint density at radius 3 is 1.68 bits per heavy atom. The van der Waals surface area contributed by atoms with Crippen LogP contribution in [0.5, 0.6) is 0 Å². The maximum Gasteiger partial charge on any atom is 0.169 e. The summed E-state index contributed by atoms with van der Waals surface area (Å²) in [6, 6.07) is 71.8. The van der Waals surface area contributed by atoms with Crippen LogP contribution in [0.2, 0.25) is 0 Å². The van der Waals surface area contributed by atoms with E-state index < -0.39 is 5.41 Å². The van der Waals surface area contributed by atoms with Crippen LogP contribution in [-0.2, 0) is 5.41 Å². The fourth-order valence-corrected chi connectivity index (χ4v) is 8.50. The van der Waals surface area contributed by atoms with E-state index in [1.54, 1.807) is 0 Å². The first-order valence-corrected chi connectivity index (χ1v) is 18.2. The molecule has 3 heteroatoms. The van der Waals surface area contributed by atoms with Crippen LogP contribution < -0.4 is 5.32 Å². The normalized spacial score (nSPS) is 15.5. The summed E-state index contributed by atoms with van der Waals surface area (Å²) in [6.45, 7) is 0. The van der Waals surface area contributed by atoms with Crippen molar-refractivity contribution in [3.05, 3.63) is 239 Å². The van der Waals surface area contributed by atoms with Crippen molar-refractivity contribution in [2.75, 3.05) is 0 Å². The van der Waals surface area contributed by atoms with Gasteiger partial charge in [-0.15, -0.1) is 0 Å². The van der Waals surface area contributed by atoms with E-state index in [-0.39, 0.29) is 6.17 Å². The van der Waals surface area contributed by atoms with Crippen molar-refractivity contribution in [1.82, 2.24) is 5.32 Å². The molecule has 0 bridgehead atoms. The van der Waals surface area contributed by atoms with Crippen molar-refractivity contribution >= 4 is 22.4 Å². The third kappa shape index (κ3) is 5.04. The zero-order valence-electron chi connectivity index (χ0n) is 29.0. The molecule has 0 amide bonds. The summed E-state index contributed by atoms with van der Waals surface area (Å²) in [6.07, 6.45) is -0.364.